The second-order valence-electron chi connectivity index (χ2n) is 6.64. The maximum absolute atomic E-state index is 12.9. The molecule has 0 bridgehead atoms. The van der Waals surface area contributed by atoms with Gasteiger partial charge in [-0.1, -0.05) is 24.3 Å². The molecule has 0 aliphatic carbocycles. The van der Waals surface area contributed by atoms with Gasteiger partial charge in [-0.25, -0.2) is 4.52 Å². The second-order valence-corrected chi connectivity index (χ2v) is 6.64. The Morgan fingerprint density at radius 3 is 2.48 bits per heavy atom. The minimum atomic E-state index is -0.842. The van der Waals surface area contributed by atoms with E-state index in [0.717, 1.165) is 11.3 Å². The topological polar surface area (TPSA) is 78.0 Å². The van der Waals surface area contributed by atoms with E-state index in [1.165, 1.54) is 4.57 Å². The lowest BCUT2D eigenvalue weighted by Crippen LogP contribution is -2.24. The molecule has 0 amide bonds. The zero-order valence-corrected chi connectivity index (χ0v) is 16.1. The van der Waals surface area contributed by atoms with Crippen molar-refractivity contribution >= 4 is 5.52 Å². The van der Waals surface area contributed by atoms with Gasteiger partial charge in [-0.3, -0.25) is 4.79 Å². The van der Waals surface area contributed by atoms with E-state index in [1.807, 2.05) is 24.3 Å². The summed E-state index contributed by atoms with van der Waals surface area (Å²) in [6.07, 6.45) is 2.49. The Hall–Kier alpha value is -3.58. The van der Waals surface area contributed by atoms with E-state index in [4.69, 9.17) is 9.47 Å². The van der Waals surface area contributed by atoms with Gasteiger partial charge in [0, 0.05) is 18.0 Å². The first kappa shape index (κ1) is 18.8. The van der Waals surface area contributed by atoms with E-state index in [0.29, 0.717) is 22.5 Å². The highest BCUT2D eigenvalue weighted by Gasteiger charge is 2.14. The van der Waals surface area contributed by atoms with Gasteiger partial charge >= 0.3 is 0 Å². The fraction of sp³-hybridized carbons (Fsp3) is 0.182. The summed E-state index contributed by atoms with van der Waals surface area (Å²) in [6.45, 7) is 0.127. The Kier molecular flexibility index (Phi) is 5.05. The fourth-order valence-corrected chi connectivity index (χ4v) is 3.23. The summed E-state index contributed by atoms with van der Waals surface area (Å²) in [4.78, 5) is 12.9. The zero-order valence-electron chi connectivity index (χ0n) is 16.1. The van der Waals surface area contributed by atoms with Gasteiger partial charge in [-0.2, -0.15) is 5.10 Å². The molecule has 148 valence electrons. The molecular weight excluding hydrogens is 370 g/mol. The van der Waals surface area contributed by atoms with Crippen LogP contribution in [-0.2, 0) is 6.54 Å². The van der Waals surface area contributed by atoms with Crippen molar-refractivity contribution in [2.24, 2.45) is 0 Å². The van der Waals surface area contributed by atoms with Crippen LogP contribution in [0.4, 0.5) is 0 Å². The molecule has 0 aliphatic rings. The van der Waals surface area contributed by atoms with E-state index in [2.05, 4.69) is 5.10 Å². The van der Waals surface area contributed by atoms with E-state index in [-0.39, 0.29) is 12.1 Å². The number of hydrogen-bond acceptors (Lipinski definition) is 5. The van der Waals surface area contributed by atoms with Crippen molar-refractivity contribution in [3.8, 4) is 22.8 Å². The lowest BCUT2D eigenvalue weighted by Gasteiger charge is -2.14. The van der Waals surface area contributed by atoms with Crippen LogP contribution in [0.1, 0.15) is 11.7 Å². The standard InChI is InChI=1S/C22H21N3O4/c1-28-17-7-3-5-15(11-17)19-13-20-22(27)24(9-10-25(20)23-19)14-21(26)16-6-4-8-18(12-16)29-2/h3-13,21,26H,14H2,1-2H3. The van der Waals surface area contributed by atoms with Crippen molar-refractivity contribution in [1.82, 2.24) is 14.2 Å². The Labute approximate surface area is 167 Å². The first-order valence-electron chi connectivity index (χ1n) is 9.14. The first-order valence-corrected chi connectivity index (χ1v) is 9.14. The van der Waals surface area contributed by atoms with Gasteiger partial charge in [-0.15, -0.1) is 0 Å². The van der Waals surface area contributed by atoms with Gasteiger partial charge in [0.25, 0.3) is 5.56 Å². The summed E-state index contributed by atoms with van der Waals surface area (Å²) in [6, 6.07) is 16.4. The van der Waals surface area contributed by atoms with Crippen molar-refractivity contribution in [2.75, 3.05) is 14.2 Å². The highest BCUT2D eigenvalue weighted by atomic mass is 16.5. The smallest absolute Gasteiger partial charge is 0.276 e. The molecule has 4 aromatic rings. The molecule has 1 atom stereocenters. The lowest BCUT2D eigenvalue weighted by molar-refractivity contribution is 0.155. The van der Waals surface area contributed by atoms with Crippen LogP contribution in [-0.4, -0.2) is 33.5 Å². The molecule has 0 aliphatic heterocycles. The quantitative estimate of drug-likeness (QED) is 0.547. The van der Waals surface area contributed by atoms with Crippen molar-refractivity contribution in [1.29, 1.82) is 0 Å². The van der Waals surface area contributed by atoms with Gasteiger partial charge < -0.3 is 19.1 Å². The van der Waals surface area contributed by atoms with Crippen LogP contribution >= 0.6 is 0 Å². The average molecular weight is 391 g/mol. The Morgan fingerprint density at radius 2 is 1.72 bits per heavy atom. The van der Waals surface area contributed by atoms with Gasteiger partial charge in [0.15, 0.2) is 0 Å². The monoisotopic (exact) mass is 391 g/mol. The molecule has 0 saturated heterocycles. The number of fused-ring (bicyclic) bond motifs is 1. The first-order chi connectivity index (χ1) is 14.1. The van der Waals surface area contributed by atoms with E-state index < -0.39 is 6.10 Å². The van der Waals surface area contributed by atoms with Gasteiger partial charge in [-0.05, 0) is 35.9 Å². The number of rotatable bonds is 6. The van der Waals surface area contributed by atoms with E-state index in [1.54, 1.807) is 61.5 Å². The molecule has 0 fully saturated rings. The maximum Gasteiger partial charge on any atom is 0.276 e. The number of ether oxygens (including phenoxy) is 2. The molecule has 7 nitrogen and oxygen atoms in total. The number of aliphatic hydroxyl groups is 1. The van der Waals surface area contributed by atoms with Crippen LogP contribution in [0, 0.1) is 0 Å². The number of methoxy groups -OCH3 is 2. The Morgan fingerprint density at radius 1 is 1.00 bits per heavy atom. The highest BCUT2D eigenvalue weighted by Crippen LogP contribution is 2.23. The molecule has 0 saturated carbocycles. The Bertz CT molecular complexity index is 1210. The predicted molar refractivity (Wildman–Crippen MR) is 109 cm³/mol. The molecular formula is C22H21N3O4. The van der Waals surface area contributed by atoms with Crippen molar-refractivity contribution in [2.45, 2.75) is 12.6 Å². The van der Waals surface area contributed by atoms with Crippen LogP contribution in [0.15, 0.2) is 71.8 Å². The summed E-state index contributed by atoms with van der Waals surface area (Å²) in [5.74, 6) is 1.38. The minimum Gasteiger partial charge on any atom is -0.497 e. The molecule has 7 heteroatoms. The number of nitrogens with zero attached hydrogens (tertiary/aromatic N) is 3. The number of aromatic nitrogens is 3. The van der Waals surface area contributed by atoms with Crippen molar-refractivity contribution in [3.63, 3.8) is 0 Å². The van der Waals surface area contributed by atoms with Crippen LogP contribution in [0.5, 0.6) is 11.5 Å². The van der Waals surface area contributed by atoms with Gasteiger partial charge in [0.1, 0.15) is 17.0 Å². The van der Waals surface area contributed by atoms with Crippen LogP contribution in [0.3, 0.4) is 0 Å². The summed E-state index contributed by atoms with van der Waals surface area (Å²) in [5, 5.41) is 15.1. The van der Waals surface area contributed by atoms with Gasteiger partial charge in [0.05, 0.1) is 32.6 Å². The predicted octanol–water partition coefficient (Wildman–Crippen LogP) is 2.91. The van der Waals surface area contributed by atoms with Crippen LogP contribution in [0.25, 0.3) is 16.8 Å². The second kappa shape index (κ2) is 7.81. The van der Waals surface area contributed by atoms with E-state index in [9.17, 15) is 9.90 Å². The largest absolute Gasteiger partial charge is 0.497 e. The molecule has 1 unspecified atom stereocenters. The third-order valence-electron chi connectivity index (χ3n) is 4.82. The third kappa shape index (κ3) is 3.72. The summed E-state index contributed by atoms with van der Waals surface area (Å²) in [7, 11) is 3.18. The maximum atomic E-state index is 12.9. The molecule has 29 heavy (non-hydrogen) atoms. The molecule has 2 aromatic heterocycles. The highest BCUT2D eigenvalue weighted by molar-refractivity contribution is 5.66. The zero-order chi connectivity index (χ0) is 20.4. The Balaban J connectivity index is 1.66. The third-order valence-corrected chi connectivity index (χ3v) is 4.82. The van der Waals surface area contributed by atoms with Crippen molar-refractivity contribution in [3.05, 3.63) is 82.9 Å². The summed E-state index contributed by atoms with van der Waals surface area (Å²) >= 11 is 0. The molecule has 4 rings (SSSR count). The number of aliphatic hydroxyl groups excluding tert-OH is 1. The molecule has 0 radical (unpaired) electrons. The van der Waals surface area contributed by atoms with E-state index >= 15 is 0 Å². The van der Waals surface area contributed by atoms with Gasteiger partial charge in [0.2, 0.25) is 0 Å². The normalized spacial score (nSPS) is 12.1. The average Bonchev–Trinajstić information content (AvgIpc) is 3.21. The fourth-order valence-electron chi connectivity index (χ4n) is 3.23. The lowest BCUT2D eigenvalue weighted by atomic mass is 10.1. The number of benzene rings is 2. The van der Waals surface area contributed by atoms with Crippen molar-refractivity contribution < 1.29 is 14.6 Å². The SMILES string of the molecule is COc1cccc(-c2cc3c(=O)n(CC(O)c4cccc(OC)c4)ccn3n2)c1. The van der Waals surface area contributed by atoms with Crippen LogP contribution < -0.4 is 15.0 Å². The number of hydrogen-bond donors (Lipinski definition) is 1. The molecule has 0 spiro atoms. The summed E-state index contributed by atoms with van der Waals surface area (Å²) in [5.41, 5.74) is 2.42. The minimum absolute atomic E-state index is 0.127. The molecule has 2 heterocycles. The molecule has 1 N–H and O–H groups in total. The molecule has 2 aromatic carbocycles. The van der Waals surface area contributed by atoms with Crippen LogP contribution in [0.2, 0.25) is 0 Å². The summed E-state index contributed by atoms with van der Waals surface area (Å²) < 4.78 is 13.5.